The summed E-state index contributed by atoms with van der Waals surface area (Å²) in [6.07, 6.45) is 1.15. The molecule has 3 rings (SSSR count). The first-order valence-electron chi connectivity index (χ1n) is 11.6. The normalized spacial score (nSPS) is 12.7. The number of ether oxygens (including phenoxy) is 4. The highest BCUT2D eigenvalue weighted by atomic mass is 35.5. The van der Waals surface area contributed by atoms with E-state index < -0.39 is 11.9 Å². The molecule has 0 atom stereocenters. The molecule has 4 amide bonds. The van der Waals surface area contributed by atoms with Crippen molar-refractivity contribution in [2.75, 3.05) is 53.4 Å². The van der Waals surface area contributed by atoms with Crippen molar-refractivity contribution in [3.05, 3.63) is 40.9 Å². The molecular weight excluding hydrogens is 504 g/mol. The Labute approximate surface area is 220 Å². The summed E-state index contributed by atoms with van der Waals surface area (Å²) in [6, 6.07) is 7.89. The van der Waals surface area contributed by atoms with Crippen molar-refractivity contribution in [1.29, 1.82) is 0 Å². The van der Waals surface area contributed by atoms with Crippen molar-refractivity contribution < 1.29 is 33.3 Å². The standard InChI is InChI=1S/C25H31ClN4O7/c1-34-19-8-7-17(26)14-18(19)28-25(33)30-11-5-10-29(30)23(32)15-27-22(31)9-6-16-12-20(35-2)24(37-4)21(13-16)36-3/h7-8,12-14H,5-6,9-11,15H2,1-4H3,(H,27,31)(H,28,33). The molecule has 0 saturated carbocycles. The van der Waals surface area contributed by atoms with Gasteiger partial charge in [-0.2, -0.15) is 0 Å². The minimum absolute atomic E-state index is 0.144. The summed E-state index contributed by atoms with van der Waals surface area (Å²) in [7, 11) is 6.04. The molecule has 2 aromatic carbocycles. The minimum Gasteiger partial charge on any atom is -0.495 e. The number of hydrogen-bond donors (Lipinski definition) is 2. The molecule has 2 N–H and O–H groups in total. The number of rotatable bonds is 10. The van der Waals surface area contributed by atoms with Crippen LogP contribution in [0.4, 0.5) is 10.5 Å². The van der Waals surface area contributed by atoms with Gasteiger partial charge in [-0.1, -0.05) is 11.6 Å². The fourth-order valence-corrected chi connectivity index (χ4v) is 4.10. The second kappa shape index (κ2) is 12.9. The number of urea groups is 1. The number of benzene rings is 2. The Morgan fingerprint density at radius 3 is 2.16 bits per heavy atom. The van der Waals surface area contributed by atoms with E-state index in [0.29, 0.717) is 59.6 Å². The Morgan fingerprint density at radius 1 is 0.892 bits per heavy atom. The molecule has 200 valence electrons. The average Bonchev–Trinajstić information content (AvgIpc) is 3.40. The van der Waals surface area contributed by atoms with E-state index in [2.05, 4.69) is 10.6 Å². The topological polar surface area (TPSA) is 119 Å². The van der Waals surface area contributed by atoms with Crippen molar-refractivity contribution in [2.45, 2.75) is 19.3 Å². The third kappa shape index (κ3) is 6.88. The van der Waals surface area contributed by atoms with E-state index in [9.17, 15) is 14.4 Å². The number of halogens is 1. The smallest absolute Gasteiger partial charge is 0.340 e. The van der Waals surface area contributed by atoms with Crippen LogP contribution in [-0.4, -0.2) is 75.9 Å². The zero-order valence-corrected chi connectivity index (χ0v) is 22.0. The van der Waals surface area contributed by atoms with Crippen molar-refractivity contribution in [2.24, 2.45) is 0 Å². The Balaban J connectivity index is 1.54. The number of carbonyl (C=O) groups excluding carboxylic acids is 3. The molecule has 0 unspecified atom stereocenters. The number of amides is 4. The van der Waals surface area contributed by atoms with Crippen LogP contribution in [0.25, 0.3) is 0 Å². The lowest BCUT2D eigenvalue weighted by molar-refractivity contribution is -0.140. The van der Waals surface area contributed by atoms with Gasteiger partial charge in [0.2, 0.25) is 11.7 Å². The maximum atomic E-state index is 12.9. The van der Waals surface area contributed by atoms with Gasteiger partial charge in [0.05, 0.1) is 40.7 Å². The number of hydrazine groups is 1. The molecule has 1 fully saturated rings. The Hall–Kier alpha value is -3.86. The van der Waals surface area contributed by atoms with E-state index >= 15 is 0 Å². The predicted octanol–water partition coefficient (Wildman–Crippen LogP) is 3.10. The summed E-state index contributed by atoms with van der Waals surface area (Å²) < 4.78 is 21.2. The van der Waals surface area contributed by atoms with Crippen LogP contribution in [0.3, 0.4) is 0 Å². The van der Waals surface area contributed by atoms with Crippen LogP contribution in [0.1, 0.15) is 18.4 Å². The summed E-state index contributed by atoms with van der Waals surface area (Å²) in [5, 5.41) is 8.42. The summed E-state index contributed by atoms with van der Waals surface area (Å²) in [4.78, 5) is 38.1. The zero-order valence-electron chi connectivity index (χ0n) is 21.3. The first-order chi connectivity index (χ1) is 17.8. The van der Waals surface area contributed by atoms with Crippen molar-refractivity contribution in [3.8, 4) is 23.0 Å². The molecule has 37 heavy (non-hydrogen) atoms. The first kappa shape index (κ1) is 27.7. The minimum atomic E-state index is -0.500. The van der Waals surface area contributed by atoms with E-state index in [1.807, 2.05) is 0 Å². The van der Waals surface area contributed by atoms with Crippen LogP contribution in [-0.2, 0) is 16.0 Å². The van der Waals surface area contributed by atoms with Crippen LogP contribution < -0.4 is 29.6 Å². The molecule has 1 aliphatic rings. The average molecular weight is 535 g/mol. The highest BCUT2D eigenvalue weighted by Gasteiger charge is 2.31. The molecule has 0 radical (unpaired) electrons. The lowest BCUT2D eigenvalue weighted by Crippen LogP contribution is -2.50. The van der Waals surface area contributed by atoms with Gasteiger partial charge >= 0.3 is 6.03 Å². The number of nitrogens with zero attached hydrogens (tertiary/aromatic N) is 2. The predicted molar refractivity (Wildman–Crippen MR) is 137 cm³/mol. The van der Waals surface area contributed by atoms with E-state index in [-0.39, 0.29) is 18.9 Å². The van der Waals surface area contributed by atoms with Gasteiger partial charge in [0.25, 0.3) is 5.91 Å². The number of anilines is 1. The second-order valence-electron chi connectivity index (χ2n) is 8.08. The number of aryl methyl sites for hydroxylation is 1. The van der Waals surface area contributed by atoms with E-state index in [1.165, 1.54) is 38.5 Å². The Morgan fingerprint density at radius 2 is 1.54 bits per heavy atom. The van der Waals surface area contributed by atoms with Crippen LogP contribution >= 0.6 is 11.6 Å². The quantitative estimate of drug-likeness (QED) is 0.481. The number of methoxy groups -OCH3 is 4. The molecule has 0 spiro atoms. The highest BCUT2D eigenvalue weighted by molar-refractivity contribution is 6.31. The van der Waals surface area contributed by atoms with Crippen molar-refractivity contribution >= 4 is 35.1 Å². The van der Waals surface area contributed by atoms with E-state index in [4.69, 9.17) is 30.5 Å². The van der Waals surface area contributed by atoms with Crippen LogP contribution in [0.15, 0.2) is 30.3 Å². The number of carbonyl (C=O) groups is 3. The molecule has 0 aromatic heterocycles. The summed E-state index contributed by atoms with van der Waals surface area (Å²) in [5.74, 6) is 1.20. The fraction of sp³-hybridized carbons (Fsp3) is 0.400. The lowest BCUT2D eigenvalue weighted by Gasteiger charge is -2.28. The summed E-state index contributed by atoms with van der Waals surface area (Å²) in [5.41, 5.74) is 1.20. The first-order valence-corrected chi connectivity index (χ1v) is 12.0. The number of nitrogens with one attached hydrogen (secondary N) is 2. The molecule has 0 bridgehead atoms. The van der Waals surface area contributed by atoms with Gasteiger partial charge in [0, 0.05) is 24.5 Å². The third-order valence-corrected chi connectivity index (χ3v) is 5.99. The lowest BCUT2D eigenvalue weighted by atomic mass is 10.1. The van der Waals surface area contributed by atoms with Gasteiger partial charge < -0.3 is 29.6 Å². The molecule has 1 heterocycles. The molecule has 11 nitrogen and oxygen atoms in total. The van der Waals surface area contributed by atoms with Gasteiger partial charge in [-0.25, -0.2) is 14.8 Å². The van der Waals surface area contributed by atoms with Crippen molar-refractivity contribution in [1.82, 2.24) is 15.3 Å². The Kier molecular flexibility index (Phi) is 9.67. The number of hydrogen-bond acceptors (Lipinski definition) is 7. The van der Waals surface area contributed by atoms with Gasteiger partial charge in [-0.15, -0.1) is 0 Å². The van der Waals surface area contributed by atoms with E-state index in [0.717, 1.165) is 5.56 Å². The van der Waals surface area contributed by atoms with Gasteiger partial charge in [-0.05, 0) is 48.7 Å². The molecule has 0 aliphatic carbocycles. The molecule has 12 heteroatoms. The highest BCUT2D eigenvalue weighted by Crippen LogP contribution is 2.38. The van der Waals surface area contributed by atoms with Crippen molar-refractivity contribution in [3.63, 3.8) is 0 Å². The fourth-order valence-electron chi connectivity index (χ4n) is 3.93. The molecule has 1 aliphatic heterocycles. The van der Waals surface area contributed by atoms with E-state index in [1.54, 1.807) is 30.3 Å². The molecular formula is C25H31ClN4O7. The molecule has 1 saturated heterocycles. The zero-order chi connectivity index (χ0) is 26.9. The summed E-state index contributed by atoms with van der Waals surface area (Å²) >= 11 is 6.03. The summed E-state index contributed by atoms with van der Waals surface area (Å²) in [6.45, 7) is 0.480. The van der Waals surface area contributed by atoms with Crippen LogP contribution in [0.2, 0.25) is 5.02 Å². The van der Waals surface area contributed by atoms with Gasteiger partial charge in [0.15, 0.2) is 11.5 Å². The van der Waals surface area contributed by atoms with Crippen LogP contribution in [0.5, 0.6) is 23.0 Å². The maximum Gasteiger partial charge on any atom is 0.340 e. The Bertz CT molecular complexity index is 1120. The maximum absolute atomic E-state index is 12.9. The van der Waals surface area contributed by atoms with Gasteiger partial charge in [-0.3, -0.25) is 9.59 Å². The monoisotopic (exact) mass is 534 g/mol. The van der Waals surface area contributed by atoms with Gasteiger partial charge in [0.1, 0.15) is 5.75 Å². The third-order valence-electron chi connectivity index (χ3n) is 5.76. The molecule has 2 aromatic rings. The van der Waals surface area contributed by atoms with Crippen LogP contribution in [0, 0.1) is 0 Å². The SMILES string of the molecule is COc1ccc(Cl)cc1NC(=O)N1CCCN1C(=O)CNC(=O)CCc1cc(OC)c(OC)c(OC)c1. The second-order valence-corrected chi connectivity index (χ2v) is 8.52. The largest absolute Gasteiger partial charge is 0.495 e.